The van der Waals surface area contributed by atoms with Crippen LogP contribution in [0.4, 0.5) is 5.69 Å². The smallest absolute Gasteiger partial charge is 0.365 e. The zero-order chi connectivity index (χ0) is 18.7. The van der Waals surface area contributed by atoms with Crippen molar-refractivity contribution in [2.45, 2.75) is 6.92 Å². The van der Waals surface area contributed by atoms with Gasteiger partial charge in [0.25, 0.3) is 5.69 Å². The first-order chi connectivity index (χ1) is 12.5. The van der Waals surface area contributed by atoms with Gasteiger partial charge in [0.2, 0.25) is 0 Å². The molecule has 2 aromatic carbocycles. The molecule has 130 valence electrons. The molecule has 8 heteroatoms. The van der Waals surface area contributed by atoms with Gasteiger partial charge in [0.1, 0.15) is 5.58 Å². The summed E-state index contributed by atoms with van der Waals surface area (Å²) in [4.78, 5) is 38.8. The van der Waals surface area contributed by atoms with Gasteiger partial charge in [-0.1, -0.05) is 23.4 Å². The van der Waals surface area contributed by atoms with Crippen LogP contribution < -0.4 is 5.63 Å². The van der Waals surface area contributed by atoms with Gasteiger partial charge in [0.15, 0.2) is 0 Å². The number of fused-ring (bicyclic) bond motifs is 1. The van der Waals surface area contributed by atoms with Crippen LogP contribution in [-0.2, 0) is 4.84 Å². The normalized spacial score (nSPS) is 11.3. The van der Waals surface area contributed by atoms with Gasteiger partial charge in [-0.05, 0) is 31.2 Å². The first kappa shape index (κ1) is 17.0. The molecule has 0 unspecified atom stereocenters. The lowest BCUT2D eigenvalue weighted by molar-refractivity contribution is -0.384. The van der Waals surface area contributed by atoms with E-state index in [1.807, 2.05) is 0 Å². The molecule has 0 radical (unpaired) electrons. The number of non-ortho nitro benzene ring substituents is 1. The predicted octanol–water partition coefficient (Wildman–Crippen LogP) is 3.28. The van der Waals surface area contributed by atoms with Crippen LogP contribution in [0.3, 0.4) is 0 Å². The number of hydrogen-bond acceptors (Lipinski definition) is 7. The van der Waals surface area contributed by atoms with Gasteiger partial charge in [-0.15, -0.1) is 0 Å². The van der Waals surface area contributed by atoms with E-state index in [9.17, 15) is 19.7 Å². The van der Waals surface area contributed by atoms with Crippen molar-refractivity contribution in [3.63, 3.8) is 0 Å². The number of nitrogens with zero attached hydrogens (tertiary/aromatic N) is 2. The third-order valence-corrected chi connectivity index (χ3v) is 3.61. The van der Waals surface area contributed by atoms with Crippen molar-refractivity contribution in [3.8, 4) is 0 Å². The molecule has 0 fully saturated rings. The third-order valence-electron chi connectivity index (χ3n) is 3.61. The number of oxime groups is 1. The highest BCUT2D eigenvalue weighted by Gasteiger charge is 2.13. The van der Waals surface area contributed by atoms with Crippen LogP contribution in [0.15, 0.2) is 69.0 Å². The van der Waals surface area contributed by atoms with Gasteiger partial charge < -0.3 is 9.25 Å². The van der Waals surface area contributed by atoms with E-state index < -0.39 is 16.5 Å². The molecule has 0 bridgehead atoms. The first-order valence-electron chi connectivity index (χ1n) is 7.49. The lowest BCUT2D eigenvalue weighted by Crippen LogP contribution is -2.13. The highest BCUT2D eigenvalue weighted by Crippen LogP contribution is 2.14. The number of carbonyl (C=O) groups excluding carboxylic acids is 1. The van der Waals surface area contributed by atoms with Gasteiger partial charge >= 0.3 is 11.6 Å². The standard InChI is InChI=1S/C18H12N2O6/c1-11(15-10-13-4-2-3-5-16(13)25-18(15)22)19-26-17(21)12-6-8-14(9-7-12)20(23)24/h2-10H,1H3/b19-11+. The molecule has 0 spiro atoms. The molecule has 0 saturated heterocycles. The molecule has 26 heavy (non-hydrogen) atoms. The molecule has 0 atom stereocenters. The quantitative estimate of drug-likeness (QED) is 0.234. The summed E-state index contributed by atoms with van der Waals surface area (Å²) in [6.45, 7) is 1.50. The van der Waals surface area contributed by atoms with Crippen molar-refractivity contribution in [1.82, 2.24) is 0 Å². The second-order valence-electron chi connectivity index (χ2n) is 5.34. The van der Waals surface area contributed by atoms with Crippen LogP contribution in [0.25, 0.3) is 11.0 Å². The maximum atomic E-state index is 12.0. The fourth-order valence-electron chi connectivity index (χ4n) is 2.25. The van der Waals surface area contributed by atoms with Crippen molar-refractivity contribution in [1.29, 1.82) is 0 Å². The zero-order valence-corrected chi connectivity index (χ0v) is 13.5. The molecule has 0 saturated carbocycles. The highest BCUT2D eigenvalue weighted by atomic mass is 16.7. The Bertz CT molecular complexity index is 1080. The molecule has 0 aliphatic carbocycles. The largest absolute Gasteiger partial charge is 0.422 e. The number of hydrogen-bond donors (Lipinski definition) is 0. The van der Waals surface area contributed by atoms with E-state index in [0.29, 0.717) is 11.0 Å². The topological polar surface area (TPSA) is 112 Å². The number of rotatable bonds is 4. The summed E-state index contributed by atoms with van der Waals surface area (Å²) >= 11 is 0. The fraction of sp³-hybridized carbons (Fsp3) is 0.0556. The minimum absolute atomic E-state index is 0.0951. The van der Waals surface area contributed by atoms with E-state index >= 15 is 0 Å². The van der Waals surface area contributed by atoms with Crippen molar-refractivity contribution in [2.75, 3.05) is 0 Å². The van der Waals surface area contributed by atoms with E-state index in [0.717, 1.165) is 0 Å². The van der Waals surface area contributed by atoms with Gasteiger partial charge in [-0.2, -0.15) is 0 Å². The van der Waals surface area contributed by atoms with E-state index in [1.165, 1.54) is 31.2 Å². The zero-order valence-electron chi connectivity index (χ0n) is 13.5. The Balaban J connectivity index is 1.81. The summed E-state index contributed by atoms with van der Waals surface area (Å²) in [6, 6.07) is 13.5. The average Bonchev–Trinajstić information content (AvgIpc) is 2.65. The van der Waals surface area contributed by atoms with E-state index in [2.05, 4.69) is 5.16 Å². The summed E-state index contributed by atoms with van der Waals surface area (Å²) < 4.78 is 5.20. The van der Waals surface area contributed by atoms with Gasteiger partial charge in [0.05, 0.1) is 21.8 Å². The van der Waals surface area contributed by atoms with Crippen molar-refractivity contribution >= 4 is 28.3 Å². The summed E-state index contributed by atoms with van der Waals surface area (Å²) in [5, 5.41) is 15.0. The molecule has 3 rings (SSSR count). The molecule has 0 amide bonds. The molecular formula is C18H12N2O6. The maximum absolute atomic E-state index is 12.0. The molecule has 0 N–H and O–H groups in total. The van der Waals surface area contributed by atoms with Crippen LogP contribution in [0.1, 0.15) is 22.8 Å². The van der Waals surface area contributed by atoms with Crippen LogP contribution in [0.5, 0.6) is 0 Å². The highest BCUT2D eigenvalue weighted by molar-refractivity contribution is 6.00. The average molecular weight is 352 g/mol. The lowest BCUT2D eigenvalue weighted by Gasteiger charge is -2.02. The monoisotopic (exact) mass is 352 g/mol. The van der Waals surface area contributed by atoms with Gasteiger partial charge in [-0.3, -0.25) is 10.1 Å². The van der Waals surface area contributed by atoms with Crippen molar-refractivity contribution in [3.05, 3.63) is 86.3 Å². The molecular weight excluding hydrogens is 340 g/mol. The van der Waals surface area contributed by atoms with Gasteiger partial charge in [-0.25, -0.2) is 9.59 Å². The number of carbonyl (C=O) groups is 1. The molecule has 1 aromatic heterocycles. The Kier molecular flexibility index (Phi) is 4.57. The lowest BCUT2D eigenvalue weighted by atomic mass is 10.1. The SMILES string of the molecule is C/C(=N\OC(=O)c1ccc([N+](=O)[O-])cc1)c1cc2ccccc2oc1=O. The first-order valence-corrected chi connectivity index (χ1v) is 7.49. The Morgan fingerprint density at radius 2 is 1.85 bits per heavy atom. The fourth-order valence-corrected chi connectivity index (χ4v) is 2.25. The Morgan fingerprint density at radius 3 is 2.54 bits per heavy atom. The number of benzene rings is 2. The van der Waals surface area contributed by atoms with Crippen LogP contribution in [-0.4, -0.2) is 16.6 Å². The number of nitro groups is 1. The Labute approximate surface area is 146 Å². The molecule has 1 heterocycles. The summed E-state index contributed by atoms with van der Waals surface area (Å²) in [5.41, 5.74) is 0.126. The minimum Gasteiger partial charge on any atom is -0.422 e. The molecule has 0 aliphatic heterocycles. The second kappa shape index (κ2) is 6.98. The summed E-state index contributed by atoms with van der Waals surface area (Å²) in [5.74, 6) is -0.801. The molecule has 8 nitrogen and oxygen atoms in total. The Hall–Kier alpha value is -3.81. The van der Waals surface area contributed by atoms with Gasteiger partial charge in [0, 0.05) is 17.5 Å². The van der Waals surface area contributed by atoms with Crippen LogP contribution in [0.2, 0.25) is 0 Å². The van der Waals surface area contributed by atoms with Crippen LogP contribution in [0, 0.1) is 10.1 Å². The van der Waals surface area contributed by atoms with E-state index in [-0.39, 0.29) is 22.5 Å². The molecule has 0 aliphatic rings. The summed E-state index contributed by atoms with van der Waals surface area (Å²) in [6.07, 6.45) is 0. The van der Waals surface area contributed by atoms with E-state index in [1.54, 1.807) is 30.3 Å². The predicted molar refractivity (Wildman–Crippen MR) is 93.2 cm³/mol. The third kappa shape index (κ3) is 3.48. The summed E-state index contributed by atoms with van der Waals surface area (Å²) in [7, 11) is 0. The second-order valence-corrected chi connectivity index (χ2v) is 5.34. The number of nitro benzene ring substituents is 1. The van der Waals surface area contributed by atoms with Crippen molar-refractivity contribution < 1.29 is 19.0 Å². The minimum atomic E-state index is -0.801. The molecule has 3 aromatic rings. The van der Waals surface area contributed by atoms with E-state index in [4.69, 9.17) is 9.25 Å². The maximum Gasteiger partial charge on any atom is 0.365 e. The Morgan fingerprint density at radius 1 is 1.15 bits per heavy atom. The number of para-hydroxylation sites is 1. The van der Waals surface area contributed by atoms with Crippen LogP contribution >= 0.6 is 0 Å². The van der Waals surface area contributed by atoms with Crippen molar-refractivity contribution in [2.24, 2.45) is 5.16 Å².